The monoisotopic (exact) mass is 265 g/mol. The maximum atomic E-state index is 11.3. The van der Waals surface area contributed by atoms with E-state index in [1.807, 2.05) is 0 Å². The highest BCUT2D eigenvalue weighted by atomic mass is 16.5. The van der Waals surface area contributed by atoms with E-state index in [4.69, 9.17) is 4.74 Å². The Morgan fingerprint density at radius 2 is 2.26 bits per heavy atom. The van der Waals surface area contributed by atoms with Crippen molar-refractivity contribution in [3.63, 3.8) is 0 Å². The van der Waals surface area contributed by atoms with Crippen LogP contribution < -0.4 is 5.32 Å². The van der Waals surface area contributed by atoms with Crippen LogP contribution in [0, 0.1) is 5.41 Å². The number of hydrogen-bond donors (Lipinski definition) is 1. The van der Waals surface area contributed by atoms with Crippen LogP contribution in [0.3, 0.4) is 0 Å². The van der Waals surface area contributed by atoms with Gasteiger partial charge < -0.3 is 14.8 Å². The number of ether oxygens (including phenoxy) is 2. The van der Waals surface area contributed by atoms with E-state index in [0.29, 0.717) is 5.82 Å². The van der Waals surface area contributed by atoms with Gasteiger partial charge in [0, 0.05) is 26.0 Å². The second-order valence-corrected chi connectivity index (χ2v) is 5.03. The molecule has 0 radical (unpaired) electrons. The van der Waals surface area contributed by atoms with Gasteiger partial charge in [-0.15, -0.1) is 0 Å². The summed E-state index contributed by atoms with van der Waals surface area (Å²) in [5.41, 5.74) is 0.203. The first kappa shape index (κ1) is 13.7. The molecule has 0 aromatic carbocycles. The number of anilines is 1. The van der Waals surface area contributed by atoms with Crippen LogP contribution in [0.25, 0.3) is 0 Å². The highest BCUT2D eigenvalue weighted by Crippen LogP contribution is 2.29. The van der Waals surface area contributed by atoms with Gasteiger partial charge in [-0.1, -0.05) is 6.92 Å². The maximum absolute atomic E-state index is 11.3. The topological polar surface area (TPSA) is 73.3 Å². The Morgan fingerprint density at radius 1 is 1.53 bits per heavy atom. The van der Waals surface area contributed by atoms with Crippen LogP contribution in [0.4, 0.5) is 5.82 Å². The van der Waals surface area contributed by atoms with Gasteiger partial charge in [0.25, 0.3) is 0 Å². The maximum Gasteiger partial charge on any atom is 0.376 e. The molecule has 1 N–H and O–H groups in total. The highest BCUT2D eigenvalue weighted by molar-refractivity contribution is 5.85. The van der Waals surface area contributed by atoms with Crippen LogP contribution in [-0.4, -0.2) is 42.8 Å². The predicted molar refractivity (Wildman–Crippen MR) is 70.0 cm³/mol. The number of methoxy groups -OCH3 is 1. The molecule has 0 atom stereocenters. The van der Waals surface area contributed by atoms with Crippen LogP contribution in [0.1, 0.15) is 30.4 Å². The molecule has 1 aromatic rings. The molecule has 1 aromatic heterocycles. The van der Waals surface area contributed by atoms with E-state index in [2.05, 4.69) is 26.9 Å². The van der Waals surface area contributed by atoms with Gasteiger partial charge in [-0.25, -0.2) is 14.8 Å². The number of nitrogens with one attached hydrogen (secondary N) is 1. The molecule has 0 bridgehead atoms. The van der Waals surface area contributed by atoms with Crippen molar-refractivity contribution in [1.82, 2.24) is 9.97 Å². The van der Waals surface area contributed by atoms with Gasteiger partial charge in [0.15, 0.2) is 0 Å². The van der Waals surface area contributed by atoms with Gasteiger partial charge in [-0.3, -0.25) is 0 Å². The predicted octanol–water partition coefficient (Wildman–Crippen LogP) is 1.49. The third-order valence-electron chi connectivity index (χ3n) is 3.42. The lowest BCUT2D eigenvalue weighted by molar-refractivity contribution is 0.0300. The van der Waals surface area contributed by atoms with Crippen molar-refractivity contribution >= 4 is 11.8 Å². The van der Waals surface area contributed by atoms with Gasteiger partial charge in [-0.05, 0) is 24.3 Å². The average molecular weight is 265 g/mol. The summed E-state index contributed by atoms with van der Waals surface area (Å²) in [6.07, 6.45) is 3.60. The number of hydrogen-bond acceptors (Lipinski definition) is 6. The zero-order chi connectivity index (χ0) is 13.7. The third-order valence-corrected chi connectivity index (χ3v) is 3.42. The first-order chi connectivity index (χ1) is 9.13. The summed E-state index contributed by atoms with van der Waals surface area (Å²) in [6, 6.07) is 1.75. The van der Waals surface area contributed by atoms with E-state index in [1.165, 1.54) is 7.11 Å². The van der Waals surface area contributed by atoms with Gasteiger partial charge in [0.2, 0.25) is 5.82 Å². The largest absolute Gasteiger partial charge is 0.463 e. The molecular weight excluding hydrogens is 246 g/mol. The molecule has 19 heavy (non-hydrogen) atoms. The Bertz CT molecular complexity index is 445. The van der Waals surface area contributed by atoms with E-state index in [-0.39, 0.29) is 11.2 Å². The highest BCUT2D eigenvalue weighted by Gasteiger charge is 2.27. The van der Waals surface area contributed by atoms with Crippen LogP contribution in [0.2, 0.25) is 0 Å². The molecule has 0 aliphatic carbocycles. The molecule has 1 aliphatic rings. The van der Waals surface area contributed by atoms with E-state index >= 15 is 0 Å². The summed E-state index contributed by atoms with van der Waals surface area (Å²) < 4.78 is 9.96. The number of aromatic nitrogens is 2. The Kier molecular flexibility index (Phi) is 4.31. The molecule has 2 heterocycles. The molecule has 6 heteroatoms. The molecule has 1 saturated heterocycles. The standard InChI is InChI=1S/C13H19N3O3/c1-13(4-7-19-8-5-13)9-15-10-3-6-14-11(16-10)12(17)18-2/h3,6H,4-5,7-9H2,1-2H3,(H,14,15,16). The van der Waals surface area contributed by atoms with Crippen molar-refractivity contribution in [3.05, 3.63) is 18.1 Å². The molecular formula is C13H19N3O3. The summed E-state index contributed by atoms with van der Waals surface area (Å²) in [6.45, 7) is 4.63. The molecule has 104 valence electrons. The minimum atomic E-state index is -0.527. The quantitative estimate of drug-likeness (QED) is 0.831. The summed E-state index contributed by atoms with van der Waals surface area (Å²) in [4.78, 5) is 19.4. The second kappa shape index (κ2) is 5.97. The molecule has 0 saturated carbocycles. The normalized spacial score (nSPS) is 17.8. The second-order valence-electron chi connectivity index (χ2n) is 5.03. The zero-order valence-corrected chi connectivity index (χ0v) is 11.3. The van der Waals surface area contributed by atoms with E-state index in [1.54, 1.807) is 12.3 Å². The fraction of sp³-hybridized carbons (Fsp3) is 0.615. The van der Waals surface area contributed by atoms with Crippen LogP contribution in [0.5, 0.6) is 0 Å². The number of carbonyl (C=O) groups is 1. The molecule has 1 fully saturated rings. The minimum Gasteiger partial charge on any atom is -0.463 e. The van der Waals surface area contributed by atoms with Gasteiger partial charge >= 0.3 is 5.97 Å². The molecule has 2 rings (SSSR count). The van der Waals surface area contributed by atoms with E-state index < -0.39 is 5.97 Å². The lowest BCUT2D eigenvalue weighted by atomic mass is 9.82. The molecule has 0 spiro atoms. The number of esters is 1. The van der Waals surface area contributed by atoms with E-state index in [0.717, 1.165) is 32.6 Å². The summed E-state index contributed by atoms with van der Waals surface area (Å²) in [7, 11) is 1.31. The first-order valence-electron chi connectivity index (χ1n) is 6.36. The van der Waals surface area contributed by atoms with Gasteiger partial charge in [0.05, 0.1) is 7.11 Å². The van der Waals surface area contributed by atoms with Crippen molar-refractivity contribution in [3.8, 4) is 0 Å². The third kappa shape index (κ3) is 3.64. The van der Waals surface area contributed by atoms with Crippen molar-refractivity contribution in [2.24, 2.45) is 5.41 Å². The Hall–Kier alpha value is -1.69. The Balaban J connectivity index is 1.97. The fourth-order valence-corrected chi connectivity index (χ4v) is 1.99. The van der Waals surface area contributed by atoms with Crippen LogP contribution in [-0.2, 0) is 9.47 Å². The molecule has 1 aliphatic heterocycles. The van der Waals surface area contributed by atoms with Crippen molar-refractivity contribution in [2.45, 2.75) is 19.8 Å². The summed E-state index contributed by atoms with van der Waals surface area (Å²) in [5.74, 6) is 0.189. The zero-order valence-electron chi connectivity index (χ0n) is 11.3. The number of carbonyl (C=O) groups excluding carboxylic acids is 1. The SMILES string of the molecule is COC(=O)c1nccc(NCC2(C)CCOCC2)n1. The number of rotatable bonds is 4. The number of nitrogens with zero attached hydrogens (tertiary/aromatic N) is 2. The fourth-order valence-electron chi connectivity index (χ4n) is 1.99. The lowest BCUT2D eigenvalue weighted by Crippen LogP contribution is -2.33. The minimum absolute atomic E-state index is 0.0737. The Morgan fingerprint density at radius 3 is 2.95 bits per heavy atom. The smallest absolute Gasteiger partial charge is 0.376 e. The Labute approximate surface area is 112 Å². The van der Waals surface area contributed by atoms with Crippen molar-refractivity contribution in [1.29, 1.82) is 0 Å². The summed E-state index contributed by atoms with van der Waals surface area (Å²) in [5, 5.41) is 3.26. The van der Waals surface area contributed by atoms with Crippen LogP contribution >= 0.6 is 0 Å². The van der Waals surface area contributed by atoms with Gasteiger partial charge in [-0.2, -0.15) is 0 Å². The van der Waals surface area contributed by atoms with Crippen LogP contribution in [0.15, 0.2) is 12.3 Å². The van der Waals surface area contributed by atoms with E-state index in [9.17, 15) is 4.79 Å². The van der Waals surface area contributed by atoms with Crippen molar-refractivity contribution in [2.75, 3.05) is 32.2 Å². The lowest BCUT2D eigenvalue weighted by Gasteiger charge is -2.33. The van der Waals surface area contributed by atoms with Crippen molar-refractivity contribution < 1.29 is 14.3 Å². The molecule has 6 nitrogen and oxygen atoms in total. The average Bonchev–Trinajstić information content (AvgIpc) is 2.45. The summed E-state index contributed by atoms with van der Waals surface area (Å²) >= 11 is 0. The molecule has 0 amide bonds. The molecule has 0 unspecified atom stereocenters. The first-order valence-corrected chi connectivity index (χ1v) is 6.36. The van der Waals surface area contributed by atoms with Gasteiger partial charge in [0.1, 0.15) is 5.82 Å².